The number of aliphatic carboxylic acids is 1. The number of hydrogen-bond acceptors (Lipinski definition) is 6. The Hall–Kier alpha value is -3.60. The quantitative estimate of drug-likeness (QED) is 0.306. The molecule has 0 spiro atoms. The van der Waals surface area contributed by atoms with Gasteiger partial charge in [0, 0.05) is 39.2 Å². The van der Waals surface area contributed by atoms with Crippen LogP contribution >= 0.6 is 34.5 Å². The summed E-state index contributed by atoms with van der Waals surface area (Å²) in [5.41, 5.74) is 1.22. The van der Waals surface area contributed by atoms with Crippen molar-refractivity contribution in [2.24, 2.45) is 5.92 Å². The molecule has 0 aliphatic carbocycles. The average molecular weight is 619 g/mol. The highest BCUT2D eigenvalue weighted by molar-refractivity contribution is 7.18. The van der Waals surface area contributed by atoms with Gasteiger partial charge in [-0.25, -0.2) is 4.79 Å². The Kier molecular flexibility index (Phi) is 9.90. The minimum Gasteiger partial charge on any atom is -0.481 e. The zero-order valence-electron chi connectivity index (χ0n) is 22.4. The highest BCUT2D eigenvalue weighted by atomic mass is 35.5. The van der Waals surface area contributed by atoms with E-state index in [9.17, 15) is 24.3 Å². The second-order valence-electron chi connectivity index (χ2n) is 9.86. The number of piperidine rings is 1. The number of nitrogens with zero attached hydrogens (tertiary/aromatic N) is 2. The van der Waals surface area contributed by atoms with E-state index in [1.54, 1.807) is 49.3 Å². The zero-order chi connectivity index (χ0) is 29.7. The normalized spacial score (nSPS) is 14.7. The number of likely N-dealkylation sites (tertiary alicyclic amines) is 1. The van der Waals surface area contributed by atoms with Crippen LogP contribution in [0.2, 0.25) is 10.0 Å². The molecular weight excluding hydrogens is 589 g/mol. The molecule has 2 N–H and O–H groups in total. The van der Waals surface area contributed by atoms with Gasteiger partial charge in [-0.2, -0.15) is 0 Å². The average Bonchev–Trinajstić information content (AvgIpc) is 3.42. The van der Waals surface area contributed by atoms with E-state index < -0.39 is 18.1 Å². The number of halogens is 2. The van der Waals surface area contributed by atoms with Crippen molar-refractivity contribution in [3.63, 3.8) is 0 Å². The third-order valence-corrected chi connectivity index (χ3v) is 8.72. The number of thiophene rings is 1. The molecule has 1 aliphatic rings. The fourth-order valence-electron chi connectivity index (χ4n) is 4.50. The van der Waals surface area contributed by atoms with Crippen molar-refractivity contribution >= 4 is 74.6 Å². The molecule has 1 atom stereocenters. The van der Waals surface area contributed by atoms with Crippen LogP contribution in [0.25, 0.3) is 16.2 Å². The van der Waals surface area contributed by atoms with Gasteiger partial charge in [-0.3, -0.25) is 14.4 Å². The summed E-state index contributed by atoms with van der Waals surface area (Å²) in [5.74, 6) is -1.59. The number of ether oxygens (including phenoxy) is 1. The summed E-state index contributed by atoms with van der Waals surface area (Å²) in [7, 11) is 3.12. The highest BCUT2D eigenvalue weighted by Gasteiger charge is 2.29. The molecule has 1 aliphatic heterocycles. The number of carbonyl (C=O) groups is 4. The van der Waals surface area contributed by atoms with Gasteiger partial charge >= 0.3 is 12.1 Å². The van der Waals surface area contributed by atoms with Crippen molar-refractivity contribution in [1.82, 2.24) is 15.1 Å². The highest BCUT2D eigenvalue weighted by Crippen LogP contribution is 2.37. The molecule has 216 valence electrons. The van der Waals surface area contributed by atoms with Gasteiger partial charge < -0.3 is 25.0 Å². The number of carbonyl (C=O) groups excluding carboxylic acids is 3. The van der Waals surface area contributed by atoms with Crippen molar-refractivity contribution in [2.45, 2.75) is 25.3 Å². The van der Waals surface area contributed by atoms with Crippen LogP contribution in [0.4, 0.5) is 4.79 Å². The Labute approximate surface area is 251 Å². The lowest BCUT2D eigenvalue weighted by atomic mass is 9.94. The van der Waals surface area contributed by atoms with Gasteiger partial charge in [0.15, 0.2) is 0 Å². The first-order chi connectivity index (χ1) is 19.5. The Morgan fingerprint density at radius 3 is 2.44 bits per heavy atom. The van der Waals surface area contributed by atoms with Gasteiger partial charge in [0.2, 0.25) is 11.8 Å². The first-order valence-electron chi connectivity index (χ1n) is 12.9. The first-order valence-corrected chi connectivity index (χ1v) is 14.5. The molecule has 12 heteroatoms. The molecular formula is C29H29Cl2N3O6S. The smallest absolute Gasteiger partial charge is 0.414 e. The van der Waals surface area contributed by atoms with Gasteiger partial charge in [-0.1, -0.05) is 35.3 Å². The standard InChI is InChI=1S/C29H29Cl2N3O6S/c1-33(2)29(39)40-21-6-3-17(4-7-21)22(16-24(36)37)32-28(38)18-9-12-34(13-10-18)23(35)8-5-19-15-20-11-14-41-27(20)26(31)25(19)30/h3-8,11,14-15,18,22H,9-10,12-13,16H2,1-2H3,(H,32,38)(H,36,37)/b8-5+. The van der Waals surface area contributed by atoms with Gasteiger partial charge in [-0.05, 0) is 65.1 Å². The predicted octanol–water partition coefficient (Wildman–Crippen LogP) is 5.85. The number of nitrogens with one attached hydrogen (secondary N) is 1. The van der Waals surface area contributed by atoms with Gasteiger partial charge in [0.25, 0.3) is 0 Å². The Morgan fingerprint density at radius 1 is 1.12 bits per heavy atom. The molecule has 2 heterocycles. The number of amides is 3. The molecule has 3 aromatic rings. The predicted molar refractivity (Wildman–Crippen MR) is 159 cm³/mol. The van der Waals surface area contributed by atoms with Crippen LogP contribution in [-0.4, -0.2) is 66.0 Å². The monoisotopic (exact) mass is 617 g/mol. The van der Waals surface area contributed by atoms with Crippen molar-refractivity contribution in [3.05, 3.63) is 69.0 Å². The topological polar surface area (TPSA) is 116 Å². The van der Waals surface area contributed by atoms with Crippen molar-refractivity contribution in [3.8, 4) is 5.75 Å². The fourth-order valence-corrected chi connectivity index (χ4v) is 5.93. The molecule has 1 aromatic heterocycles. The van der Waals surface area contributed by atoms with Crippen LogP contribution in [0, 0.1) is 5.92 Å². The summed E-state index contributed by atoms with van der Waals surface area (Å²) in [6.07, 6.45) is 3.14. The summed E-state index contributed by atoms with van der Waals surface area (Å²) >= 11 is 14.3. The Balaban J connectivity index is 1.34. The van der Waals surface area contributed by atoms with Gasteiger partial charge in [-0.15, -0.1) is 11.3 Å². The van der Waals surface area contributed by atoms with Crippen molar-refractivity contribution < 1.29 is 29.0 Å². The minimum absolute atomic E-state index is 0.194. The fraction of sp³-hybridized carbons (Fsp3) is 0.310. The summed E-state index contributed by atoms with van der Waals surface area (Å²) in [6.45, 7) is 0.768. The maximum absolute atomic E-state index is 13.1. The number of hydrogen-bond donors (Lipinski definition) is 2. The van der Waals surface area contributed by atoms with E-state index >= 15 is 0 Å². The van der Waals surface area contributed by atoms with Crippen LogP contribution in [0.5, 0.6) is 5.75 Å². The first kappa shape index (κ1) is 30.4. The molecule has 41 heavy (non-hydrogen) atoms. The molecule has 1 unspecified atom stereocenters. The van der Waals surface area contributed by atoms with Crippen LogP contribution < -0.4 is 10.1 Å². The van der Waals surface area contributed by atoms with Crippen LogP contribution in [0.3, 0.4) is 0 Å². The lowest BCUT2D eigenvalue weighted by Gasteiger charge is -2.31. The second-order valence-corrected chi connectivity index (χ2v) is 11.5. The van der Waals surface area contributed by atoms with E-state index in [0.717, 1.165) is 10.1 Å². The van der Waals surface area contributed by atoms with Crippen molar-refractivity contribution in [2.75, 3.05) is 27.2 Å². The Bertz CT molecular complexity index is 1480. The number of rotatable bonds is 8. The number of fused-ring (bicyclic) bond motifs is 1. The van der Waals surface area contributed by atoms with Gasteiger partial charge in [0.05, 0.1) is 27.2 Å². The second kappa shape index (κ2) is 13.4. The van der Waals surface area contributed by atoms with Crippen LogP contribution in [0.1, 0.15) is 36.4 Å². The Morgan fingerprint density at radius 2 is 1.80 bits per heavy atom. The number of benzene rings is 2. The third-order valence-electron chi connectivity index (χ3n) is 6.78. The molecule has 0 saturated carbocycles. The summed E-state index contributed by atoms with van der Waals surface area (Å²) in [6, 6.07) is 9.40. The zero-order valence-corrected chi connectivity index (χ0v) is 24.8. The molecule has 2 aromatic carbocycles. The number of carboxylic acid groups (broad SMARTS) is 1. The van der Waals surface area contributed by atoms with Crippen molar-refractivity contribution in [1.29, 1.82) is 0 Å². The molecule has 1 saturated heterocycles. The molecule has 4 rings (SSSR count). The van der Waals surface area contributed by atoms with E-state index in [1.807, 2.05) is 17.5 Å². The minimum atomic E-state index is -1.06. The maximum atomic E-state index is 13.1. The number of carboxylic acids is 1. The van der Waals surface area contributed by atoms with E-state index in [4.69, 9.17) is 27.9 Å². The molecule has 0 radical (unpaired) electrons. The SMILES string of the molecule is CN(C)C(=O)Oc1ccc(C(CC(=O)O)NC(=O)C2CCN(C(=O)/C=C/c3cc4ccsc4c(Cl)c3Cl)CC2)cc1. The van der Waals surface area contributed by atoms with Crippen LogP contribution in [0.15, 0.2) is 47.9 Å². The van der Waals surface area contributed by atoms with Gasteiger partial charge in [0.1, 0.15) is 5.75 Å². The van der Waals surface area contributed by atoms with E-state index in [1.165, 1.54) is 22.3 Å². The third kappa shape index (κ3) is 7.58. The molecule has 9 nitrogen and oxygen atoms in total. The molecule has 0 bridgehead atoms. The summed E-state index contributed by atoms with van der Waals surface area (Å²) in [4.78, 5) is 52.1. The van der Waals surface area contributed by atoms with E-state index in [-0.39, 0.29) is 24.2 Å². The van der Waals surface area contributed by atoms with Crippen LogP contribution in [-0.2, 0) is 14.4 Å². The maximum Gasteiger partial charge on any atom is 0.414 e. The lowest BCUT2D eigenvalue weighted by Crippen LogP contribution is -2.43. The summed E-state index contributed by atoms with van der Waals surface area (Å²) in [5, 5.41) is 16.0. The summed E-state index contributed by atoms with van der Waals surface area (Å²) < 4.78 is 6.10. The van der Waals surface area contributed by atoms with E-state index in [0.29, 0.717) is 52.9 Å². The molecule has 3 amide bonds. The molecule has 1 fully saturated rings. The largest absolute Gasteiger partial charge is 0.481 e. The van der Waals surface area contributed by atoms with E-state index in [2.05, 4.69) is 5.32 Å². The lowest BCUT2D eigenvalue weighted by molar-refractivity contribution is -0.138.